The Balaban J connectivity index is 1.46. The summed E-state index contributed by atoms with van der Waals surface area (Å²) in [5.41, 5.74) is 22.7. The monoisotopic (exact) mass is 519 g/mol. The van der Waals surface area contributed by atoms with Crippen molar-refractivity contribution in [2.24, 2.45) is 11.5 Å². The van der Waals surface area contributed by atoms with Crippen molar-refractivity contribution in [3.8, 4) is 11.1 Å². The lowest BCUT2D eigenvalue weighted by Gasteiger charge is -2.26. The van der Waals surface area contributed by atoms with E-state index in [-0.39, 0.29) is 18.1 Å². The third kappa shape index (κ3) is 5.29. The van der Waals surface area contributed by atoms with Crippen molar-refractivity contribution in [2.75, 3.05) is 42.7 Å². The van der Waals surface area contributed by atoms with Crippen LogP contribution < -0.4 is 27.8 Å². The largest absolute Gasteiger partial charge is 0.382 e. The maximum absolute atomic E-state index is 15.4. The number of hydrogen-bond donors (Lipinski definition) is 5. The fraction of sp³-hybridized carbons (Fsp3) is 0.269. The molecule has 1 aliphatic heterocycles. The number of nitrogens with one attached hydrogen (secondary N) is 2. The van der Waals surface area contributed by atoms with Crippen LogP contribution >= 0.6 is 0 Å². The van der Waals surface area contributed by atoms with Gasteiger partial charge in [0.05, 0.1) is 24.6 Å². The van der Waals surface area contributed by atoms with E-state index in [0.717, 1.165) is 24.3 Å². The molecule has 0 radical (unpaired) electrons. The molecule has 0 unspecified atom stereocenters. The molecule has 4 aromatic rings. The van der Waals surface area contributed by atoms with Gasteiger partial charge in [-0.15, -0.1) is 0 Å². The van der Waals surface area contributed by atoms with Gasteiger partial charge in [-0.1, -0.05) is 12.1 Å². The molecule has 0 spiro atoms. The molecule has 2 aromatic heterocycles. The number of ether oxygens (including phenoxy) is 1. The van der Waals surface area contributed by atoms with Crippen molar-refractivity contribution >= 4 is 28.7 Å². The Labute approximate surface area is 218 Å². The highest BCUT2D eigenvalue weighted by Gasteiger charge is 2.21. The number of nitrogens with two attached hydrogens (primary N) is 3. The number of benzene rings is 2. The Morgan fingerprint density at radius 1 is 1.05 bits per heavy atom. The first-order valence-corrected chi connectivity index (χ1v) is 12.3. The van der Waals surface area contributed by atoms with Crippen LogP contribution in [0.25, 0.3) is 16.6 Å². The predicted octanol–water partition coefficient (Wildman–Crippen LogP) is 2.51. The van der Waals surface area contributed by atoms with Gasteiger partial charge in [0.25, 0.3) is 0 Å². The molecule has 0 aliphatic carbocycles. The van der Waals surface area contributed by atoms with Gasteiger partial charge in [0.2, 0.25) is 0 Å². The summed E-state index contributed by atoms with van der Waals surface area (Å²) >= 11 is 0. The second kappa shape index (κ2) is 11.1. The molecule has 8 N–H and O–H groups in total. The highest BCUT2D eigenvalue weighted by Crippen LogP contribution is 2.35. The summed E-state index contributed by atoms with van der Waals surface area (Å²) in [4.78, 5) is 19.0. The van der Waals surface area contributed by atoms with Crippen LogP contribution in [0.3, 0.4) is 0 Å². The number of morpholine rings is 1. The molecule has 5 rings (SSSR count). The molecule has 1 fully saturated rings. The number of halogens is 1. The zero-order chi connectivity index (χ0) is 26.6. The minimum Gasteiger partial charge on any atom is -0.382 e. The smallest absolute Gasteiger partial charge is 0.323 e. The number of aromatic nitrogens is 3. The quantitative estimate of drug-likeness (QED) is 0.249. The Kier molecular flexibility index (Phi) is 7.47. The maximum atomic E-state index is 15.4. The zero-order valence-electron chi connectivity index (χ0n) is 20.8. The number of nitrogens with zero attached hydrogens (tertiary/aromatic N) is 4. The number of fused-ring (bicyclic) bond motifs is 1. The third-order valence-corrected chi connectivity index (χ3v) is 6.52. The van der Waals surface area contributed by atoms with Crippen molar-refractivity contribution in [1.29, 1.82) is 0 Å². The lowest BCUT2D eigenvalue weighted by molar-refractivity contribution is 0.0334. The standard InChI is InChI=1S/C26H30FN9O2/c27-22-11-20(17(13-29)9-23(22)34-26(37)33-18-3-1-2-16(8-18)12-28)21-10-19(14-35-4-6-38-7-5-35)36-24(21)25(30)31-15-32-36/h1-3,8-11,15H,4-7,12-14,28-29H2,(H2,30,31,32)(H2,33,34,37). The highest BCUT2D eigenvalue weighted by molar-refractivity contribution is 6.00. The summed E-state index contributed by atoms with van der Waals surface area (Å²) < 4.78 is 22.6. The second-order valence-corrected chi connectivity index (χ2v) is 9.02. The van der Waals surface area contributed by atoms with Crippen LogP contribution in [0.4, 0.5) is 26.4 Å². The summed E-state index contributed by atoms with van der Waals surface area (Å²) in [5, 5.41) is 9.68. The normalized spacial score (nSPS) is 14.1. The molecule has 198 valence electrons. The summed E-state index contributed by atoms with van der Waals surface area (Å²) in [5.74, 6) is -0.347. The molecule has 38 heavy (non-hydrogen) atoms. The van der Waals surface area contributed by atoms with Gasteiger partial charge in [-0.3, -0.25) is 4.90 Å². The van der Waals surface area contributed by atoms with Crippen molar-refractivity contribution < 1.29 is 13.9 Å². The lowest BCUT2D eigenvalue weighted by Crippen LogP contribution is -2.36. The Bertz CT molecular complexity index is 1470. The van der Waals surface area contributed by atoms with Gasteiger partial charge in [0.15, 0.2) is 5.82 Å². The van der Waals surface area contributed by atoms with E-state index in [0.29, 0.717) is 54.2 Å². The van der Waals surface area contributed by atoms with E-state index in [4.69, 9.17) is 21.9 Å². The van der Waals surface area contributed by atoms with Crippen LogP contribution in [-0.2, 0) is 24.4 Å². The molecule has 2 amide bonds. The summed E-state index contributed by atoms with van der Waals surface area (Å²) in [6.07, 6.45) is 1.40. The summed E-state index contributed by atoms with van der Waals surface area (Å²) in [6.45, 7) is 3.98. The van der Waals surface area contributed by atoms with Crippen LogP contribution in [-0.4, -0.2) is 51.8 Å². The number of urea groups is 1. The molecule has 0 saturated carbocycles. The predicted molar refractivity (Wildman–Crippen MR) is 144 cm³/mol. The molecule has 12 heteroatoms. The van der Waals surface area contributed by atoms with Crippen molar-refractivity contribution in [2.45, 2.75) is 19.6 Å². The molecule has 1 saturated heterocycles. The third-order valence-electron chi connectivity index (χ3n) is 6.52. The van der Waals surface area contributed by atoms with Gasteiger partial charge in [0, 0.05) is 44.0 Å². The number of anilines is 3. The van der Waals surface area contributed by atoms with Gasteiger partial charge in [0.1, 0.15) is 17.7 Å². The van der Waals surface area contributed by atoms with E-state index in [1.807, 2.05) is 12.1 Å². The van der Waals surface area contributed by atoms with Crippen LogP contribution in [0, 0.1) is 5.82 Å². The molecule has 0 atom stereocenters. The average molecular weight is 520 g/mol. The SMILES string of the molecule is NCc1cccc(NC(=O)Nc2cc(CN)c(-c3cc(CN4CCOCC4)n4ncnc(N)c34)cc2F)c1. The molecule has 11 nitrogen and oxygen atoms in total. The van der Waals surface area contributed by atoms with E-state index in [1.165, 1.54) is 18.5 Å². The van der Waals surface area contributed by atoms with Gasteiger partial charge < -0.3 is 32.6 Å². The number of hydrogen-bond acceptors (Lipinski definition) is 8. The first-order valence-electron chi connectivity index (χ1n) is 12.3. The topological polar surface area (TPSA) is 162 Å². The van der Waals surface area contributed by atoms with E-state index >= 15 is 4.39 Å². The van der Waals surface area contributed by atoms with E-state index < -0.39 is 11.8 Å². The van der Waals surface area contributed by atoms with E-state index in [9.17, 15) is 4.79 Å². The first kappa shape index (κ1) is 25.5. The second-order valence-electron chi connectivity index (χ2n) is 9.02. The zero-order valence-corrected chi connectivity index (χ0v) is 20.8. The fourth-order valence-corrected chi connectivity index (χ4v) is 4.63. The number of carbonyl (C=O) groups is 1. The number of amides is 2. The first-order chi connectivity index (χ1) is 18.5. The molecular weight excluding hydrogens is 489 g/mol. The van der Waals surface area contributed by atoms with Crippen LogP contribution in [0.2, 0.25) is 0 Å². The van der Waals surface area contributed by atoms with Crippen molar-refractivity contribution in [3.05, 3.63) is 71.4 Å². The van der Waals surface area contributed by atoms with Gasteiger partial charge >= 0.3 is 6.03 Å². The summed E-state index contributed by atoms with van der Waals surface area (Å²) in [6, 6.07) is 11.3. The van der Waals surface area contributed by atoms with Crippen molar-refractivity contribution in [3.63, 3.8) is 0 Å². The fourth-order valence-electron chi connectivity index (χ4n) is 4.63. The van der Waals surface area contributed by atoms with Crippen LogP contribution in [0.5, 0.6) is 0 Å². The molecule has 3 heterocycles. The highest BCUT2D eigenvalue weighted by atomic mass is 19.1. The maximum Gasteiger partial charge on any atom is 0.323 e. The molecule has 2 aromatic carbocycles. The van der Waals surface area contributed by atoms with Crippen LogP contribution in [0.1, 0.15) is 16.8 Å². The minimum atomic E-state index is -0.618. The number of carbonyl (C=O) groups excluding carboxylic acids is 1. The number of nitrogen functional groups attached to an aromatic ring is 1. The molecular formula is C26H30FN9O2. The Morgan fingerprint density at radius 3 is 2.63 bits per heavy atom. The molecule has 0 bridgehead atoms. The van der Waals surface area contributed by atoms with Crippen molar-refractivity contribution in [1.82, 2.24) is 19.5 Å². The lowest BCUT2D eigenvalue weighted by atomic mass is 9.99. The Morgan fingerprint density at radius 2 is 1.87 bits per heavy atom. The summed E-state index contributed by atoms with van der Waals surface area (Å²) in [7, 11) is 0. The minimum absolute atomic E-state index is 0.00274. The Hall–Kier alpha value is -4.10. The van der Waals surface area contributed by atoms with Gasteiger partial charge in [-0.25, -0.2) is 18.7 Å². The van der Waals surface area contributed by atoms with Gasteiger partial charge in [-0.05, 0) is 47.0 Å². The van der Waals surface area contributed by atoms with E-state index in [1.54, 1.807) is 22.7 Å². The molecule has 1 aliphatic rings. The number of rotatable bonds is 7. The van der Waals surface area contributed by atoms with Gasteiger partial charge in [-0.2, -0.15) is 5.10 Å². The van der Waals surface area contributed by atoms with Crippen LogP contribution in [0.15, 0.2) is 48.8 Å². The van der Waals surface area contributed by atoms with E-state index in [2.05, 4.69) is 25.6 Å². The average Bonchev–Trinajstić information content (AvgIpc) is 3.29.